The first-order valence-corrected chi connectivity index (χ1v) is 12.0. The summed E-state index contributed by atoms with van der Waals surface area (Å²) in [6, 6.07) is 23.6. The Kier molecular flexibility index (Phi) is 6.02. The molecule has 3 aromatic carbocycles. The van der Waals surface area contributed by atoms with Crippen LogP contribution >= 0.6 is 0 Å². The van der Waals surface area contributed by atoms with E-state index in [2.05, 4.69) is 36.4 Å². The number of hydrogen-bond acceptors (Lipinski definition) is 4. The van der Waals surface area contributed by atoms with Crippen molar-refractivity contribution >= 4 is 28.7 Å². The molecule has 2 N–H and O–H groups in total. The van der Waals surface area contributed by atoms with Crippen molar-refractivity contribution in [3.63, 3.8) is 0 Å². The second-order valence-electron chi connectivity index (χ2n) is 9.88. The number of anilines is 3. The van der Waals surface area contributed by atoms with Crippen LogP contribution in [0, 0.1) is 6.92 Å². The summed E-state index contributed by atoms with van der Waals surface area (Å²) >= 11 is 0. The summed E-state index contributed by atoms with van der Waals surface area (Å²) in [6.07, 6.45) is 5.61. The van der Waals surface area contributed by atoms with Gasteiger partial charge in [-0.1, -0.05) is 63.2 Å². The second kappa shape index (κ2) is 9.30. The molecular formula is C30H29N5O. The summed E-state index contributed by atoms with van der Waals surface area (Å²) in [5, 5.41) is 6.46. The number of carbonyl (C=O) groups excluding carboxylic acids is 1. The van der Waals surface area contributed by atoms with E-state index in [1.54, 1.807) is 6.20 Å². The number of imidazole rings is 1. The molecule has 0 radical (unpaired) electrons. The van der Waals surface area contributed by atoms with Gasteiger partial charge in [0, 0.05) is 41.1 Å². The molecule has 1 amide bonds. The lowest BCUT2D eigenvalue weighted by atomic mass is 9.86. The Bertz CT molecular complexity index is 1530. The van der Waals surface area contributed by atoms with Crippen LogP contribution in [0.25, 0.3) is 16.9 Å². The summed E-state index contributed by atoms with van der Waals surface area (Å²) in [5.74, 6) is 0.525. The van der Waals surface area contributed by atoms with Gasteiger partial charge < -0.3 is 15.0 Å². The standard InChI is InChI=1S/C30H29N5O/c1-20-24(11-8-12-25(20)34-29(36)21-13-15-22(16-14-21)30(2,3)4)26-19-35-18-17-31-28(35)27(33-26)32-23-9-6-5-7-10-23/h5-19H,1-4H3,(H,32,33)(H,34,36). The third-order valence-corrected chi connectivity index (χ3v) is 6.28. The van der Waals surface area contributed by atoms with Gasteiger partial charge in [-0.3, -0.25) is 4.79 Å². The molecular weight excluding hydrogens is 446 g/mol. The maximum Gasteiger partial charge on any atom is 0.255 e. The summed E-state index contributed by atoms with van der Waals surface area (Å²) in [4.78, 5) is 22.4. The van der Waals surface area contributed by atoms with Crippen LogP contribution in [0.15, 0.2) is 91.4 Å². The fraction of sp³-hybridized carbons (Fsp3) is 0.167. The molecule has 5 aromatic rings. The number of nitrogens with one attached hydrogen (secondary N) is 2. The lowest BCUT2D eigenvalue weighted by Gasteiger charge is -2.19. The quantitative estimate of drug-likeness (QED) is 0.287. The summed E-state index contributed by atoms with van der Waals surface area (Å²) in [5.41, 5.74) is 6.93. The van der Waals surface area contributed by atoms with Gasteiger partial charge in [-0.05, 0) is 53.8 Å². The molecule has 180 valence electrons. The predicted octanol–water partition coefficient (Wildman–Crippen LogP) is 7.00. The number of nitrogens with zero attached hydrogens (tertiary/aromatic N) is 3. The summed E-state index contributed by atoms with van der Waals surface area (Å²) < 4.78 is 1.95. The molecule has 0 aliphatic rings. The van der Waals surface area contributed by atoms with E-state index in [1.165, 1.54) is 5.56 Å². The Balaban J connectivity index is 1.46. The number of para-hydroxylation sites is 1. The van der Waals surface area contributed by atoms with Gasteiger partial charge >= 0.3 is 0 Å². The van der Waals surface area contributed by atoms with E-state index in [0.717, 1.165) is 33.8 Å². The zero-order chi connectivity index (χ0) is 25.3. The molecule has 2 aromatic heterocycles. The van der Waals surface area contributed by atoms with Crippen LogP contribution in [-0.4, -0.2) is 20.3 Å². The second-order valence-corrected chi connectivity index (χ2v) is 9.88. The molecule has 0 saturated carbocycles. The van der Waals surface area contributed by atoms with Gasteiger partial charge in [0.15, 0.2) is 11.5 Å². The van der Waals surface area contributed by atoms with E-state index >= 15 is 0 Å². The minimum atomic E-state index is -0.139. The summed E-state index contributed by atoms with van der Waals surface area (Å²) in [7, 11) is 0. The number of fused-ring (bicyclic) bond motifs is 1. The van der Waals surface area contributed by atoms with Crippen molar-refractivity contribution in [2.75, 3.05) is 10.6 Å². The minimum absolute atomic E-state index is 0.0392. The van der Waals surface area contributed by atoms with Gasteiger partial charge in [-0.25, -0.2) is 9.97 Å². The third kappa shape index (κ3) is 4.70. The topological polar surface area (TPSA) is 71.3 Å². The molecule has 0 aliphatic heterocycles. The third-order valence-electron chi connectivity index (χ3n) is 6.28. The zero-order valence-corrected chi connectivity index (χ0v) is 20.9. The minimum Gasteiger partial charge on any atom is -0.337 e. The Morgan fingerprint density at radius 1 is 0.917 bits per heavy atom. The molecule has 5 rings (SSSR count). The monoisotopic (exact) mass is 475 g/mol. The Morgan fingerprint density at radius 2 is 1.67 bits per heavy atom. The molecule has 0 atom stereocenters. The number of carbonyl (C=O) groups is 1. The van der Waals surface area contributed by atoms with Gasteiger partial charge in [0.05, 0.1) is 5.69 Å². The van der Waals surface area contributed by atoms with Crippen molar-refractivity contribution in [3.8, 4) is 11.3 Å². The maximum atomic E-state index is 13.0. The fourth-order valence-corrected chi connectivity index (χ4v) is 4.17. The van der Waals surface area contributed by atoms with Crippen LogP contribution < -0.4 is 10.6 Å². The van der Waals surface area contributed by atoms with Gasteiger partial charge in [0.25, 0.3) is 5.91 Å². The van der Waals surface area contributed by atoms with Crippen LogP contribution in [-0.2, 0) is 5.41 Å². The maximum absolute atomic E-state index is 13.0. The van der Waals surface area contributed by atoms with Crippen molar-refractivity contribution in [1.29, 1.82) is 0 Å². The van der Waals surface area contributed by atoms with Crippen LogP contribution in [0.3, 0.4) is 0 Å². The first kappa shape index (κ1) is 23.3. The summed E-state index contributed by atoms with van der Waals surface area (Å²) in [6.45, 7) is 8.48. The highest BCUT2D eigenvalue weighted by Crippen LogP contribution is 2.30. The average Bonchev–Trinajstić information content (AvgIpc) is 3.35. The molecule has 0 bridgehead atoms. The zero-order valence-electron chi connectivity index (χ0n) is 20.9. The Labute approximate surface area is 211 Å². The molecule has 2 heterocycles. The van der Waals surface area contributed by atoms with E-state index in [-0.39, 0.29) is 11.3 Å². The molecule has 0 saturated heterocycles. The van der Waals surface area contributed by atoms with Crippen molar-refractivity contribution in [2.24, 2.45) is 0 Å². The normalized spacial score (nSPS) is 11.4. The number of rotatable bonds is 5. The highest BCUT2D eigenvalue weighted by molar-refractivity contribution is 6.05. The van der Waals surface area contributed by atoms with E-state index < -0.39 is 0 Å². The van der Waals surface area contributed by atoms with Crippen LogP contribution in [0.1, 0.15) is 42.3 Å². The van der Waals surface area contributed by atoms with E-state index in [1.807, 2.05) is 96.5 Å². The largest absolute Gasteiger partial charge is 0.337 e. The highest BCUT2D eigenvalue weighted by Gasteiger charge is 2.16. The van der Waals surface area contributed by atoms with Gasteiger partial charge in [0.1, 0.15) is 0 Å². The molecule has 0 unspecified atom stereocenters. The Hall–Kier alpha value is -4.45. The number of aromatic nitrogens is 3. The SMILES string of the molecule is Cc1c(NC(=O)c2ccc(C(C)(C)C)cc2)cccc1-c1cn2ccnc2c(Nc2ccccc2)n1. The van der Waals surface area contributed by atoms with Crippen molar-refractivity contribution < 1.29 is 4.79 Å². The molecule has 6 nitrogen and oxygen atoms in total. The molecule has 36 heavy (non-hydrogen) atoms. The predicted molar refractivity (Wildman–Crippen MR) is 146 cm³/mol. The first-order valence-electron chi connectivity index (χ1n) is 12.0. The lowest BCUT2D eigenvalue weighted by molar-refractivity contribution is 0.102. The lowest BCUT2D eigenvalue weighted by Crippen LogP contribution is -2.15. The number of benzene rings is 3. The molecule has 6 heteroatoms. The van der Waals surface area contributed by atoms with Gasteiger partial charge in [-0.15, -0.1) is 0 Å². The number of hydrogen-bond donors (Lipinski definition) is 2. The van der Waals surface area contributed by atoms with Crippen molar-refractivity contribution in [1.82, 2.24) is 14.4 Å². The number of amides is 1. The van der Waals surface area contributed by atoms with Crippen molar-refractivity contribution in [2.45, 2.75) is 33.1 Å². The average molecular weight is 476 g/mol. The van der Waals surface area contributed by atoms with E-state index in [4.69, 9.17) is 4.98 Å². The first-order chi connectivity index (χ1) is 17.3. The Morgan fingerprint density at radius 3 is 2.39 bits per heavy atom. The van der Waals surface area contributed by atoms with Crippen LogP contribution in [0.5, 0.6) is 0 Å². The molecule has 0 aliphatic carbocycles. The molecule has 0 fully saturated rings. The molecule has 0 spiro atoms. The van der Waals surface area contributed by atoms with Crippen LogP contribution in [0.2, 0.25) is 0 Å². The highest BCUT2D eigenvalue weighted by atomic mass is 16.1. The van der Waals surface area contributed by atoms with Crippen LogP contribution in [0.4, 0.5) is 17.2 Å². The van der Waals surface area contributed by atoms with Gasteiger partial charge in [0.2, 0.25) is 0 Å². The van der Waals surface area contributed by atoms with Crippen molar-refractivity contribution in [3.05, 3.63) is 108 Å². The fourth-order valence-electron chi connectivity index (χ4n) is 4.17. The van der Waals surface area contributed by atoms with Gasteiger partial charge in [-0.2, -0.15) is 0 Å². The smallest absolute Gasteiger partial charge is 0.255 e. The van der Waals surface area contributed by atoms with E-state index in [0.29, 0.717) is 11.4 Å². The van der Waals surface area contributed by atoms with E-state index in [9.17, 15) is 4.79 Å².